The Kier molecular flexibility index (Phi) is 7.62. The molecule has 0 bridgehead atoms. The molecular weight excluding hydrogens is 451 g/mol. The first-order chi connectivity index (χ1) is 15.2. The van der Waals surface area contributed by atoms with Crippen LogP contribution < -0.4 is 10.6 Å². The highest BCUT2D eigenvalue weighted by molar-refractivity contribution is 8.00. The van der Waals surface area contributed by atoms with Crippen LogP contribution in [0.2, 0.25) is 0 Å². The number of thiazole rings is 1. The second-order valence-corrected chi connectivity index (χ2v) is 9.68. The number of halogens is 1. The molecule has 170 valence electrons. The van der Waals surface area contributed by atoms with Crippen molar-refractivity contribution in [3.05, 3.63) is 52.0 Å². The predicted molar refractivity (Wildman–Crippen MR) is 124 cm³/mol. The standard InChI is InChI=1S/C21H25FN6O2S2/c1-6-28-17(12(3)23-19(30)15-9-7-8-10-16(15)22)26-27-21(28)32-14(5)18(29)25-20-24-11(2)13(4)31-20/h7-10,12,14H,6H2,1-5H3,(H,23,30)(H,24,25,29)/t12-,14-/m1/s1. The highest BCUT2D eigenvalue weighted by atomic mass is 32.2. The van der Waals surface area contributed by atoms with Crippen molar-refractivity contribution in [2.75, 3.05) is 5.32 Å². The van der Waals surface area contributed by atoms with Crippen LogP contribution in [0.25, 0.3) is 0 Å². The van der Waals surface area contributed by atoms with Crippen LogP contribution in [0.3, 0.4) is 0 Å². The molecule has 0 fully saturated rings. The van der Waals surface area contributed by atoms with Gasteiger partial charge in [-0.05, 0) is 46.8 Å². The zero-order chi connectivity index (χ0) is 23.4. The number of carbonyl (C=O) groups is 2. The lowest BCUT2D eigenvalue weighted by Gasteiger charge is -2.16. The molecule has 2 heterocycles. The summed E-state index contributed by atoms with van der Waals surface area (Å²) >= 11 is 2.71. The molecule has 11 heteroatoms. The Bertz CT molecular complexity index is 1110. The third kappa shape index (κ3) is 5.33. The van der Waals surface area contributed by atoms with Gasteiger partial charge in [0.15, 0.2) is 16.1 Å². The number of hydrogen-bond donors (Lipinski definition) is 2. The molecule has 2 N–H and O–H groups in total. The van der Waals surface area contributed by atoms with E-state index >= 15 is 0 Å². The highest BCUT2D eigenvalue weighted by Gasteiger charge is 2.24. The summed E-state index contributed by atoms with van der Waals surface area (Å²) in [6.07, 6.45) is 0. The van der Waals surface area contributed by atoms with Gasteiger partial charge in [-0.3, -0.25) is 9.59 Å². The number of nitrogens with one attached hydrogen (secondary N) is 2. The minimum absolute atomic E-state index is 0.0329. The van der Waals surface area contributed by atoms with E-state index in [4.69, 9.17) is 0 Å². The number of rotatable bonds is 8. The lowest BCUT2D eigenvalue weighted by Crippen LogP contribution is -2.29. The van der Waals surface area contributed by atoms with Gasteiger partial charge in [-0.2, -0.15) is 0 Å². The average molecular weight is 477 g/mol. The van der Waals surface area contributed by atoms with E-state index in [1.807, 2.05) is 25.3 Å². The number of anilines is 1. The van der Waals surface area contributed by atoms with E-state index in [0.29, 0.717) is 22.7 Å². The van der Waals surface area contributed by atoms with E-state index in [-0.39, 0.29) is 11.5 Å². The number of aryl methyl sites for hydroxylation is 2. The van der Waals surface area contributed by atoms with Gasteiger partial charge in [0.1, 0.15) is 5.82 Å². The molecule has 0 radical (unpaired) electrons. The second-order valence-electron chi connectivity index (χ2n) is 7.17. The van der Waals surface area contributed by atoms with E-state index in [1.165, 1.54) is 41.3 Å². The number of hydrogen-bond acceptors (Lipinski definition) is 7. The van der Waals surface area contributed by atoms with Crippen molar-refractivity contribution in [1.29, 1.82) is 0 Å². The molecule has 1 aromatic carbocycles. The fourth-order valence-electron chi connectivity index (χ4n) is 2.93. The molecule has 0 saturated heterocycles. The Balaban J connectivity index is 1.68. The Morgan fingerprint density at radius 2 is 1.94 bits per heavy atom. The maximum Gasteiger partial charge on any atom is 0.254 e. The van der Waals surface area contributed by atoms with E-state index in [1.54, 1.807) is 19.9 Å². The smallest absolute Gasteiger partial charge is 0.254 e. The maximum absolute atomic E-state index is 13.9. The van der Waals surface area contributed by atoms with Crippen LogP contribution in [0.4, 0.5) is 9.52 Å². The van der Waals surface area contributed by atoms with Crippen LogP contribution in [0.15, 0.2) is 29.4 Å². The van der Waals surface area contributed by atoms with Crippen LogP contribution >= 0.6 is 23.1 Å². The minimum atomic E-state index is -0.587. The SMILES string of the molecule is CCn1c(S[C@H](C)C(=O)Nc2nc(C)c(C)s2)nnc1[C@@H](C)NC(=O)c1ccccc1F. The second kappa shape index (κ2) is 10.2. The summed E-state index contributed by atoms with van der Waals surface area (Å²) in [5, 5.41) is 14.7. The van der Waals surface area contributed by atoms with Crippen LogP contribution in [0, 0.1) is 19.7 Å². The molecule has 32 heavy (non-hydrogen) atoms. The van der Waals surface area contributed by atoms with Gasteiger partial charge in [-0.1, -0.05) is 23.9 Å². The third-order valence-electron chi connectivity index (χ3n) is 4.83. The lowest BCUT2D eigenvalue weighted by atomic mass is 10.2. The first kappa shape index (κ1) is 23.9. The summed E-state index contributed by atoms with van der Waals surface area (Å²) in [6, 6.07) is 5.29. The first-order valence-corrected chi connectivity index (χ1v) is 11.8. The number of carbonyl (C=O) groups excluding carboxylic acids is 2. The van der Waals surface area contributed by atoms with Crippen LogP contribution in [0.5, 0.6) is 0 Å². The molecule has 0 aliphatic heterocycles. The number of nitrogens with zero attached hydrogens (tertiary/aromatic N) is 4. The molecule has 0 aliphatic rings. The van der Waals surface area contributed by atoms with Crippen molar-refractivity contribution >= 4 is 40.0 Å². The monoisotopic (exact) mass is 476 g/mol. The van der Waals surface area contributed by atoms with Gasteiger partial charge in [-0.25, -0.2) is 9.37 Å². The average Bonchev–Trinajstić information content (AvgIpc) is 3.30. The van der Waals surface area contributed by atoms with Gasteiger partial charge >= 0.3 is 0 Å². The van der Waals surface area contributed by atoms with E-state index in [0.717, 1.165) is 10.6 Å². The highest BCUT2D eigenvalue weighted by Crippen LogP contribution is 2.27. The Labute approximate surface area is 194 Å². The third-order valence-corrected chi connectivity index (χ3v) is 6.89. The molecule has 0 aliphatic carbocycles. The fourth-order valence-corrected chi connectivity index (χ4v) is 4.67. The number of thioether (sulfide) groups is 1. The molecule has 2 aromatic heterocycles. The zero-order valence-corrected chi connectivity index (χ0v) is 20.1. The molecule has 3 aromatic rings. The molecule has 8 nitrogen and oxygen atoms in total. The summed E-state index contributed by atoms with van der Waals surface area (Å²) in [6.45, 7) is 9.87. The maximum atomic E-state index is 13.9. The summed E-state index contributed by atoms with van der Waals surface area (Å²) in [7, 11) is 0. The van der Waals surface area contributed by atoms with Crippen molar-refractivity contribution in [3.63, 3.8) is 0 Å². The van der Waals surface area contributed by atoms with E-state index in [2.05, 4.69) is 25.8 Å². The first-order valence-electron chi connectivity index (χ1n) is 10.1. The van der Waals surface area contributed by atoms with Gasteiger partial charge in [-0.15, -0.1) is 21.5 Å². The van der Waals surface area contributed by atoms with Gasteiger partial charge in [0.2, 0.25) is 5.91 Å². The van der Waals surface area contributed by atoms with Gasteiger partial charge < -0.3 is 15.2 Å². The van der Waals surface area contributed by atoms with E-state index < -0.39 is 23.0 Å². The topological polar surface area (TPSA) is 102 Å². The molecular formula is C21H25FN6O2S2. The van der Waals surface area contributed by atoms with E-state index in [9.17, 15) is 14.0 Å². The predicted octanol–water partition coefficient (Wildman–Crippen LogP) is 4.12. The van der Waals surface area contributed by atoms with Gasteiger partial charge in [0.25, 0.3) is 5.91 Å². The minimum Gasteiger partial charge on any atom is -0.342 e. The Hall–Kier alpha value is -2.79. The summed E-state index contributed by atoms with van der Waals surface area (Å²) < 4.78 is 15.7. The molecule has 2 atom stereocenters. The fraction of sp³-hybridized carbons (Fsp3) is 0.381. The quantitative estimate of drug-likeness (QED) is 0.474. The molecule has 0 saturated carbocycles. The lowest BCUT2D eigenvalue weighted by molar-refractivity contribution is -0.115. The van der Waals surface area contributed by atoms with Crippen LogP contribution in [-0.2, 0) is 11.3 Å². The van der Waals surface area contributed by atoms with Crippen LogP contribution in [-0.4, -0.2) is 36.8 Å². The van der Waals surface area contributed by atoms with Crippen molar-refractivity contribution in [2.45, 2.75) is 57.6 Å². The van der Waals surface area contributed by atoms with Crippen molar-refractivity contribution in [3.8, 4) is 0 Å². The normalized spacial score (nSPS) is 12.9. The molecule has 0 spiro atoms. The molecule has 2 amide bonds. The van der Waals surface area contributed by atoms with Crippen molar-refractivity contribution in [2.24, 2.45) is 0 Å². The zero-order valence-electron chi connectivity index (χ0n) is 18.5. The summed E-state index contributed by atoms with van der Waals surface area (Å²) in [4.78, 5) is 30.4. The van der Waals surface area contributed by atoms with Crippen LogP contribution in [0.1, 0.15) is 53.6 Å². The Morgan fingerprint density at radius 3 is 2.56 bits per heavy atom. The largest absolute Gasteiger partial charge is 0.342 e. The number of amides is 2. The number of aromatic nitrogens is 4. The van der Waals surface area contributed by atoms with Crippen molar-refractivity contribution in [1.82, 2.24) is 25.1 Å². The molecule has 0 unspecified atom stereocenters. The van der Waals surface area contributed by atoms with Crippen molar-refractivity contribution < 1.29 is 14.0 Å². The summed E-state index contributed by atoms with van der Waals surface area (Å²) in [5.41, 5.74) is 0.863. The summed E-state index contributed by atoms with van der Waals surface area (Å²) in [5.74, 6) is -0.775. The number of benzene rings is 1. The molecule has 3 rings (SSSR count). The Morgan fingerprint density at radius 1 is 1.22 bits per heavy atom. The van der Waals surface area contributed by atoms with Gasteiger partial charge in [0, 0.05) is 11.4 Å². The van der Waals surface area contributed by atoms with Gasteiger partial charge in [0.05, 0.1) is 22.5 Å².